The van der Waals surface area contributed by atoms with Gasteiger partial charge in [-0.25, -0.2) is 0 Å². The predicted molar refractivity (Wildman–Crippen MR) is 116 cm³/mol. The van der Waals surface area contributed by atoms with Gasteiger partial charge >= 0.3 is 0 Å². The van der Waals surface area contributed by atoms with E-state index in [0.29, 0.717) is 16.8 Å². The summed E-state index contributed by atoms with van der Waals surface area (Å²) >= 11 is 5.24. The van der Waals surface area contributed by atoms with Gasteiger partial charge in [0.05, 0.1) is 12.8 Å². The van der Waals surface area contributed by atoms with Gasteiger partial charge in [0.15, 0.2) is 5.11 Å². The monoisotopic (exact) mass is 403 g/mol. The van der Waals surface area contributed by atoms with Crippen LogP contribution in [0.4, 0.5) is 5.69 Å². The zero-order chi connectivity index (χ0) is 20.2. The Kier molecular flexibility index (Phi) is 5.17. The average molecular weight is 403 g/mol. The van der Waals surface area contributed by atoms with Gasteiger partial charge in [-0.15, -0.1) is 10.2 Å². The quantitative estimate of drug-likeness (QED) is 0.507. The molecule has 0 fully saturated rings. The summed E-state index contributed by atoms with van der Waals surface area (Å²) in [5.74, 6) is 0.498. The molecule has 0 atom stereocenters. The van der Waals surface area contributed by atoms with Crippen LogP contribution >= 0.6 is 12.2 Å². The highest BCUT2D eigenvalue weighted by Gasteiger charge is 2.09. The van der Waals surface area contributed by atoms with Gasteiger partial charge in [0.1, 0.15) is 16.8 Å². The van der Waals surface area contributed by atoms with Crippen molar-refractivity contribution in [1.82, 2.24) is 20.3 Å². The van der Waals surface area contributed by atoms with Gasteiger partial charge in [-0.3, -0.25) is 10.1 Å². The number of ether oxygens (including phenoxy) is 1. The molecule has 0 aliphatic carbocycles. The van der Waals surface area contributed by atoms with Crippen molar-refractivity contribution in [3.05, 3.63) is 78.4 Å². The number of hydrogen-bond donors (Lipinski definition) is 2. The van der Waals surface area contributed by atoms with Crippen LogP contribution in [0.15, 0.2) is 72.8 Å². The number of methoxy groups -OCH3 is 1. The summed E-state index contributed by atoms with van der Waals surface area (Å²) in [5.41, 5.74) is 3.50. The molecular formula is C21H17N5O2S. The molecule has 0 aliphatic heterocycles. The van der Waals surface area contributed by atoms with Gasteiger partial charge in [0.2, 0.25) is 0 Å². The van der Waals surface area contributed by atoms with E-state index in [-0.39, 0.29) is 11.0 Å². The summed E-state index contributed by atoms with van der Waals surface area (Å²) in [5, 5.41) is 14.9. The number of thiocarbonyl (C=S) groups is 1. The number of nitrogens with one attached hydrogen (secondary N) is 2. The number of carbonyl (C=O) groups excluding carboxylic acids is 1. The Morgan fingerprint density at radius 1 is 0.966 bits per heavy atom. The van der Waals surface area contributed by atoms with Gasteiger partial charge in [0.25, 0.3) is 5.91 Å². The number of anilines is 1. The van der Waals surface area contributed by atoms with E-state index in [9.17, 15) is 4.79 Å². The lowest BCUT2D eigenvalue weighted by atomic mass is 10.2. The van der Waals surface area contributed by atoms with E-state index >= 15 is 0 Å². The van der Waals surface area contributed by atoms with Crippen molar-refractivity contribution < 1.29 is 9.53 Å². The van der Waals surface area contributed by atoms with E-state index in [4.69, 9.17) is 17.0 Å². The summed E-state index contributed by atoms with van der Waals surface area (Å²) in [6.07, 6.45) is 0. The van der Waals surface area contributed by atoms with Crippen LogP contribution in [0.5, 0.6) is 5.75 Å². The van der Waals surface area contributed by atoms with Gasteiger partial charge < -0.3 is 10.1 Å². The highest BCUT2D eigenvalue weighted by atomic mass is 32.1. The van der Waals surface area contributed by atoms with E-state index in [1.54, 1.807) is 36.2 Å². The number of carbonyl (C=O) groups is 1. The van der Waals surface area contributed by atoms with Crippen LogP contribution < -0.4 is 15.4 Å². The van der Waals surface area contributed by atoms with Crippen LogP contribution in [-0.4, -0.2) is 33.1 Å². The Morgan fingerprint density at radius 3 is 2.41 bits per heavy atom. The maximum Gasteiger partial charge on any atom is 0.257 e. The summed E-state index contributed by atoms with van der Waals surface area (Å²) in [7, 11) is 1.62. The Hall–Kier alpha value is -3.78. The Morgan fingerprint density at radius 2 is 1.69 bits per heavy atom. The zero-order valence-corrected chi connectivity index (χ0v) is 16.3. The van der Waals surface area contributed by atoms with Gasteiger partial charge in [0, 0.05) is 11.3 Å². The van der Waals surface area contributed by atoms with Crippen molar-refractivity contribution in [2.45, 2.75) is 0 Å². The maximum atomic E-state index is 12.2. The molecule has 1 aromatic heterocycles. The first-order valence-corrected chi connectivity index (χ1v) is 9.22. The third-order valence-corrected chi connectivity index (χ3v) is 4.41. The molecule has 7 nitrogen and oxygen atoms in total. The third-order valence-electron chi connectivity index (χ3n) is 4.20. The molecule has 8 heteroatoms. The molecule has 1 amide bonds. The molecule has 0 saturated carbocycles. The molecule has 1 heterocycles. The first kappa shape index (κ1) is 18.6. The fourth-order valence-corrected chi connectivity index (χ4v) is 2.96. The lowest BCUT2D eigenvalue weighted by molar-refractivity contribution is 0.0977. The van der Waals surface area contributed by atoms with Crippen molar-refractivity contribution in [1.29, 1.82) is 0 Å². The normalized spacial score (nSPS) is 10.5. The lowest BCUT2D eigenvalue weighted by Gasteiger charge is -2.09. The Labute approximate surface area is 172 Å². The number of nitrogens with zero attached hydrogens (tertiary/aromatic N) is 3. The maximum absolute atomic E-state index is 12.2. The molecule has 0 bridgehead atoms. The van der Waals surface area contributed by atoms with Crippen molar-refractivity contribution in [3.63, 3.8) is 0 Å². The molecule has 29 heavy (non-hydrogen) atoms. The molecule has 0 saturated heterocycles. The topological polar surface area (TPSA) is 81.1 Å². The minimum absolute atomic E-state index is 0.209. The minimum Gasteiger partial charge on any atom is -0.497 e. The van der Waals surface area contributed by atoms with E-state index in [2.05, 4.69) is 20.8 Å². The Bertz CT molecular complexity index is 1170. The second-order valence-corrected chi connectivity index (χ2v) is 6.57. The number of benzene rings is 3. The van der Waals surface area contributed by atoms with Crippen LogP contribution in [0.25, 0.3) is 16.7 Å². The van der Waals surface area contributed by atoms with E-state index in [0.717, 1.165) is 17.0 Å². The number of hydrogen-bond acceptors (Lipinski definition) is 5. The molecule has 2 N–H and O–H groups in total. The zero-order valence-electron chi connectivity index (χ0n) is 15.5. The minimum atomic E-state index is -0.269. The first-order valence-electron chi connectivity index (χ1n) is 8.81. The lowest BCUT2D eigenvalue weighted by Crippen LogP contribution is -2.34. The highest BCUT2D eigenvalue weighted by Crippen LogP contribution is 2.19. The fraction of sp³-hybridized carbons (Fsp3) is 0.0476. The second kappa shape index (κ2) is 8.07. The fourth-order valence-electron chi connectivity index (χ4n) is 2.75. The van der Waals surface area contributed by atoms with Gasteiger partial charge in [-0.1, -0.05) is 18.2 Å². The molecule has 4 aromatic rings. The smallest absolute Gasteiger partial charge is 0.257 e. The Balaban J connectivity index is 1.48. The molecule has 4 rings (SSSR count). The largest absolute Gasteiger partial charge is 0.497 e. The van der Waals surface area contributed by atoms with Gasteiger partial charge in [-0.05, 0) is 66.8 Å². The first-order chi connectivity index (χ1) is 14.1. The van der Waals surface area contributed by atoms with Crippen molar-refractivity contribution >= 4 is 40.0 Å². The van der Waals surface area contributed by atoms with E-state index in [1.165, 1.54) is 0 Å². The van der Waals surface area contributed by atoms with Crippen LogP contribution in [0, 0.1) is 0 Å². The number of rotatable bonds is 4. The van der Waals surface area contributed by atoms with E-state index in [1.807, 2.05) is 48.5 Å². The van der Waals surface area contributed by atoms with E-state index < -0.39 is 0 Å². The standard InChI is InChI=1S/C21H17N5O2S/c1-28-17-10-8-16(9-11-17)26-24-18-12-7-15(13-19(18)25-26)22-21(29)23-20(27)14-5-3-2-4-6-14/h2-13H,1H3,(H2,22,23,27,29). The molecule has 0 radical (unpaired) electrons. The predicted octanol–water partition coefficient (Wildman–Crippen LogP) is 3.56. The average Bonchev–Trinajstić information content (AvgIpc) is 3.17. The summed E-state index contributed by atoms with van der Waals surface area (Å²) < 4.78 is 5.17. The van der Waals surface area contributed by atoms with Gasteiger partial charge in [-0.2, -0.15) is 4.80 Å². The second-order valence-electron chi connectivity index (χ2n) is 6.17. The van der Waals surface area contributed by atoms with Crippen LogP contribution in [0.2, 0.25) is 0 Å². The van der Waals surface area contributed by atoms with Crippen molar-refractivity contribution in [3.8, 4) is 11.4 Å². The molecular weight excluding hydrogens is 386 g/mol. The SMILES string of the molecule is COc1ccc(-n2nc3ccc(NC(=S)NC(=O)c4ccccc4)cc3n2)cc1. The summed E-state index contributed by atoms with van der Waals surface area (Å²) in [6, 6.07) is 21.8. The van der Waals surface area contributed by atoms with Crippen LogP contribution in [0.3, 0.4) is 0 Å². The van der Waals surface area contributed by atoms with Crippen LogP contribution in [-0.2, 0) is 0 Å². The number of fused-ring (bicyclic) bond motifs is 1. The molecule has 0 spiro atoms. The summed E-state index contributed by atoms with van der Waals surface area (Å²) in [4.78, 5) is 13.7. The third kappa shape index (κ3) is 4.22. The van der Waals surface area contributed by atoms with Crippen LogP contribution in [0.1, 0.15) is 10.4 Å². The molecule has 144 valence electrons. The molecule has 3 aromatic carbocycles. The highest BCUT2D eigenvalue weighted by molar-refractivity contribution is 7.80. The summed E-state index contributed by atoms with van der Waals surface area (Å²) in [6.45, 7) is 0. The number of aromatic nitrogens is 3. The van der Waals surface area contributed by atoms with Crippen molar-refractivity contribution in [2.75, 3.05) is 12.4 Å². The number of amides is 1. The molecule has 0 aliphatic rings. The molecule has 0 unspecified atom stereocenters. The van der Waals surface area contributed by atoms with Crippen molar-refractivity contribution in [2.24, 2.45) is 0 Å².